The number of carbonyl (C=O) groups is 2. The van der Waals surface area contributed by atoms with E-state index >= 15 is 0 Å². The van der Waals surface area contributed by atoms with Gasteiger partial charge in [-0.3, -0.25) is 9.59 Å². The third-order valence-corrected chi connectivity index (χ3v) is 5.20. The average Bonchev–Trinajstić information content (AvgIpc) is 3.16. The molecule has 0 atom stereocenters. The highest BCUT2D eigenvalue weighted by Crippen LogP contribution is 2.34. The summed E-state index contributed by atoms with van der Waals surface area (Å²) in [6.07, 6.45) is 0. The Labute approximate surface area is 154 Å². The maximum absolute atomic E-state index is 11.9. The van der Waals surface area contributed by atoms with Gasteiger partial charge in [-0.15, -0.1) is 22.7 Å². The molecule has 0 aliphatic heterocycles. The number of nitrogens with zero attached hydrogens (tertiary/aromatic N) is 1. The predicted octanol–water partition coefficient (Wildman–Crippen LogP) is 1.99. The van der Waals surface area contributed by atoms with Gasteiger partial charge in [0.2, 0.25) is 11.8 Å². The van der Waals surface area contributed by atoms with Crippen molar-refractivity contribution < 1.29 is 14.3 Å². The van der Waals surface area contributed by atoms with Gasteiger partial charge in [-0.1, -0.05) is 0 Å². The fraction of sp³-hybridized carbons (Fsp3) is 0.438. The number of thiazole rings is 1. The van der Waals surface area contributed by atoms with Crippen LogP contribution in [0, 0.1) is 6.92 Å². The molecule has 9 heteroatoms. The number of thiophene rings is 1. The summed E-state index contributed by atoms with van der Waals surface area (Å²) in [6.45, 7) is 5.40. The molecule has 3 N–H and O–H groups in total. The van der Waals surface area contributed by atoms with Gasteiger partial charge in [0, 0.05) is 30.3 Å². The summed E-state index contributed by atoms with van der Waals surface area (Å²) in [5.74, 6) is -0.183. The molecule has 0 unspecified atom stereocenters. The van der Waals surface area contributed by atoms with Gasteiger partial charge in [0.1, 0.15) is 0 Å². The monoisotopic (exact) mass is 382 g/mol. The highest BCUT2D eigenvalue weighted by molar-refractivity contribution is 7.18. The number of anilines is 1. The molecule has 2 aromatic rings. The van der Waals surface area contributed by atoms with E-state index in [2.05, 4.69) is 20.9 Å². The number of rotatable bonds is 9. The van der Waals surface area contributed by atoms with Crippen molar-refractivity contribution in [3.63, 3.8) is 0 Å². The standard InChI is InChI=1S/C16H22N4O3S2/c1-10-15(13-5-4-12(25-13)8-18-11(2)21)20-16(24-10)19-14(22)9-17-6-7-23-3/h4-5,17H,6-9H2,1-3H3,(H,18,21)(H,19,20,22). The van der Waals surface area contributed by atoms with E-state index < -0.39 is 0 Å². The highest BCUT2D eigenvalue weighted by atomic mass is 32.1. The van der Waals surface area contributed by atoms with Crippen LogP contribution in [0.1, 0.15) is 16.7 Å². The third-order valence-electron chi connectivity index (χ3n) is 3.22. The minimum Gasteiger partial charge on any atom is -0.383 e. The lowest BCUT2D eigenvalue weighted by Crippen LogP contribution is -2.30. The normalized spacial score (nSPS) is 10.7. The van der Waals surface area contributed by atoms with Crippen molar-refractivity contribution in [3.8, 4) is 10.6 Å². The van der Waals surface area contributed by atoms with Crippen molar-refractivity contribution in [3.05, 3.63) is 21.9 Å². The van der Waals surface area contributed by atoms with E-state index in [9.17, 15) is 9.59 Å². The summed E-state index contributed by atoms with van der Waals surface area (Å²) in [7, 11) is 1.62. The van der Waals surface area contributed by atoms with Crippen molar-refractivity contribution in [1.29, 1.82) is 0 Å². The number of hydrogen-bond donors (Lipinski definition) is 3. The molecule has 2 heterocycles. The Bertz CT molecular complexity index is 727. The molecule has 0 saturated heterocycles. The fourth-order valence-corrected chi connectivity index (χ4v) is 3.93. The number of amides is 2. The zero-order valence-corrected chi connectivity index (χ0v) is 16.1. The van der Waals surface area contributed by atoms with E-state index in [1.807, 2.05) is 19.1 Å². The lowest BCUT2D eigenvalue weighted by molar-refractivity contribution is -0.119. The molecule has 0 radical (unpaired) electrons. The van der Waals surface area contributed by atoms with Gasteiger partial charge in [-0.25, -0.2) is 4.98 Å². The lowest BCUT2D eigenvalue weighted by atomic mass is 10.3. The maximum Gasteiger partial charge on any atom is 0.240 e. The zero-order valence-electron chi connectivity index (χ0n) is 14.5. The fourth-order valence-electron chi connectivity index (χ4n) is 2.03. The Hall–Kier alpha value is -1.81. The molecule has 2 amide bonds. The van der Waals surface area contributed by atoms with Gasteiger partial charge in [0.15, 0.2) is 5.13 Å². The molecule has 0 fully saturated rings. The molecule has 0 aliphatic carbocycles. The lowest BCUT2D eigenvalue weighted by Gasteiger charge is -2.03. The van der Waals surface area contributed by atoms with E-state index in [4.69, 9.17) is 4.74 Å². The van der Waals surface area contributed by atoms with Crippen LogP contribution in [0.15, 0.2) is 12.1 Å². The van der Waals surface area contributed by atoms with Crippen molar-refractivity contribution >= 4 is 39.6 Å². The van der Waals surface area contributed by atoms with Crippen LogP contribution in [-0.4, -0.2) is 43.6 Å². The first-order valence-corrected chi connectivity index (χ1v) is 9.43. The van der Waals surface area contributed by atoms with Crippen molar-refractivity contribution in [2.45, 2.75) is 20.4 Å². The molecular formula is C16H22N4O3S2. The number of carbonyl (C=O) groups excluding carboxylic acids is 2. The molecule has 0 aromatic carbocycles. The number of nitrogens with one attached hydrogen (secondary N) is 3. The van der Waals surface area contributed by atoms with Crippen LogP contribution in [0.3, 0.4) is 0 Å². The van der Waals surface area contributed by atoms with Gasteiger partial charge in [-0.2, -0.15) is 0 Å². The SMILES string of the molecule is COCCNCC(=O)Nc1nc(-c2ccc(CNC(C)=O)s2)c(C)s1. The van der Waals surface area contributed by atoms with Crippen molar-refractivity contribution in [2.24, 2.45) is 0 Å². The van der Waals surface area contributed by atoms with E-state index in [0.717, 1.165) is 20.3 Å². The largest absolute Gasteiger partial charge is 0.383 e. The summed E-state index contributed by atoms with van der Waals surface area (Å²) in [5.41, 5.74) is 0.867. The highest BCUT2D eigenvalue weighted by Gasteiger charge is 2.14. The molecule has 2 aromatic heterocycles. The number of hydrogen-bond acceptors (Lipinski definition) is 7. The summed E-state index contributed by atoms with van der Waals surface area (Å²) < 4.78 is 4.92. The van der Waals surface area contributed by atoms with Gasteiger partial charge in [-0.05, 0) is 19.1 Å². The second-order valence-electron chi connectivity index (χ2n) is 5.32. The number of methoxy groups -OCH3 is 1. The second kappa shape index (κ2) is 9.62. The van der Waals surface area contributed by atoms with Crippen LogP contribution in [-0.2, 0) is 20.9 Å². The Morgan fingerprint density at radius 1 is 1.28 bits per heavy atom. The van der Waals surface area contributed by atoms with Gasteiger partial charge >= 0.3 is 0 Å². The second-order valence-corrected chi connectivity index (χ2v) is 7.69. The minimum atomic E-state index is -0.131. The first-order chi connectivity index (χ1) is 12.0. The topological polar surface area (TPSA) is 92.3 Å². The van der Waals surface area contributed by atoms with Crippen molar-refractivity contribution in [1.82, 2.24) is 15.6 Å². The minimum absolute atomic E-state index is 0.0519. The molecular weight excluding hydrogens is 360 g/mol. The first-order valence-electron chi connectivity index (χ1n) is 7.80. The first kappa shape index (κ1) is 19.5. The van der Waals surface area contributed by atoms with Crippen LogP contribution < -0.4 is 16.0 Å². The molecule has 0 bridgehead atoms. The number of ether oxygens (including phenoxy) is 1. The number of aryl methyl sites for hydroxylation is 1. The summed E-state index contributed by atoms with van der Waals surface area (Å²) >= 11 is 3.03. The Morgan fingerprint density at radius 2 is 2.08 bits per heavy atom. The summed E-state index contributed by atoms with van der Waals surface area (Å²) in [6, 6.07) is 3.97. The van der Waals surface area contributed by atoms with Crippen LogP contribution in [0.25, 0.3) is 10.6 Å². The van der Waals surface area contributed by atoms with Crippen LogP contribution in [0.2, 0.25) is 0 Å². The van der Waals surface area contributed by atoms with E-state index in [1.54, 1.807) is 18.4 Å². The average molecular weight is 383 g/mol. The third kappa shape index (κ3) is 6.20. The van der Waals surface area contributed by atoms with E-state index in [0.29, 0.717) is 24.8 Å². The van der Waals surface area contributed by atoms with Crippen LogP contribution >= 0.6 is 22.7 Å². The van der Waals surface area contributed by atoms with Gasteiger partial charge < -0.3 is 20.7 Å². The molecule has 0 spiro atoms. The molecule has 25 heavy (non-hydrogen) atoms. The molecule has 0 saturated carbocycles. The van der Waals surface area contributed by atoms with E-state index in [-0.39, 0.29) is 18.4 Å². The summed E-state index contributed by atoms with van der Waals surface area (Å²) in [4.78, 5) is 30.5. The molecule has 2 rings (SSSR count). The van der Waals surface area contributed by atoms with E-state index in [1.165, 1.54) is 18.3 Å². The zero-order chi connectivity index (χ0) is 18.2. The molecule has 0 aliphatic rings. The van der Waals surface area contributed by atoms with Crippen LogP contribution in [0.4, 0.5) is 5.13 Å². The molecule has 136 valence electrons. The number of aromatic nitrogens is 1. The predicted molar refractivity (Wildman–Crippen MR) is 101 cm³/mol. The van der Waals surface area contributed by atoms with Gasteiger partial charge in [0.25, 0.3) is 0 Å². The van der Waals surface area contributed by atoms with Crippen molar-refractivity contribution in [2.75, 3.05) is 32.1 Å². The smallest absolute Gasteiger partial charge is 0.240 e. The Kier molecular flexibility index (Phi) is 7.51. The van der Waals surface area contributed by atoms with Crippen LogP contribution in [0.5, 0.6) is 0 Å². The van der Waals surface area contributed by atoms with Gasteiger partial charge in [0.05, 0.1) is 30.3 Å². The Morgan fingerprint density at radius 3 is 2.80 bits per heavy atom. The maximum atomic E-state index is 11.9. The quantitative estimate of drug-likeness (QED) is 0.577. The molecule has 7 nitrogen and oxygen atoms in total. The Balaban J connectivity index is 1.95. The summed E-state index contributed by atoms with van der Waals surface area (Å²) in [5, 5.41) is 9.17.